The molecule has 5 nitrogen and oxygen atoms in total. The number of rotatable bonds is 5. The van der Waals surface area contributed by atoms with Crippen LogP contribution in [0.5, 0.6) is 0 Å². The van der Waals surface area contributed by atoms with Crippen molar-refractivity contribution in [2.75, 3.05) is 6.54 Å². The molecule has 0 aliphatic rings. The van der Waals surface area contributed by atoms with Crippen LogP contribution in [0.15, 0.2) is 6.07 Å². The highest BCUT2D eigenvalue weighted by Gasteiger charge is 2.21. The number of carbonyl (C=O) groups excluding carboxylic acids is 1. The summed E-state index contributed by atoms with van der Waals surface area (Å²) >= 11 is 0. The average Bonchev–Trinajstić information content (AvgIpc) is 2.66. The third-order valence-corrected chi connectivity index (χ3v) is 3.36. The molecule has 0 aliphatic carbocycles. The molecular formula is C12H22N4O. The number of aromatic nitrogens is 2. The van der Waals surface area contributed by atoms with Gasteiger partial charge in [-0.2, -0.15) is 5.10 Å². The fraction of sp³-hybridized carbons (Fsp3) is 0.667. The Hall–Kier alpha value is -1.36. The van der Waals surface area contributed by atoms with Gasteiger partial charge in [0.15, 0.2) is 0 Å². The van der Waals surface area contributed by atoms with E-state index in [4.69, 9.17) is 5.73 Å². The summed E-state index contributed by atoms with van der Waals surface area (Å²) in [6, 6.07) is 1.77. The first-order valence-corrected chi connectivity index (χ1v) is 5.99. The predicted molar refractivity (Wildman–Crippen MR) is 67.8 cm³/mol. The highest BCUT2D eigenvalue weighted by molar-refractivity contribution is 5.92. The molecule has 5 heteroatoms. The molecule has 0 fully saturated rings. The maximum Gasteiger partial charge on any atom is 0.271 e. The Bertz CT molecular complexity index is 374. The van der Waals surface area contributed by atoms with E-state index in [1.165, 1.54) is 0 Å². The summed E-state index contributed by atoms with van der Waals surface area (Å²) in [5.74, 6) is -0.162. The molecule has 1 rings (SSSR count). The topological polar surface area (TPSA) is 72.9 Å². The molecule has 17 heavy (non-hydrogen) atoms. The van der Waals surface area contributed by atoms with Crippen LogP contribution in [0.2, 0.25) is 0 Å². The first kappa shape index (κ1) is 13.7. The van der Waals surface area contributed by atoms with Crippen LogP contribution < -0.4 is 11.1 Å². The summed E-state index contributed by atoms with van der Waals surface area (Å²) in [5, 5.41) is 6.97. The fourth-order valence-corrected chi connectivity index (χ4v) is 1.52. The zero-order valence-electron chi connectivity index (χ0n) is 11.1. The third-order valence-electron chi connectivity index (χ3n) is 3.36. The van der Waals surface area contributed by atoms with Crippen molar-refractivity contribution in [2.24, 2.45) is 12.8 Å². The Morgan fingerprint density at radius 3 is 2.53 bits per heavy atom. The molecule has 0 radical (unpaired) electrons. The lowest BCUT2D eigenvalue weighted by Crippen LogP contribution is -2.49. The number of carbonyl (C=O) groups is 1. The molecule has 0 spiro atoms. The third kappa shape index (κ3) is 3.30. The number of nitrogens with two attached hydrogens (primary N) is 1. The van der Waals surface area contributed by atoms with Crippen molar-refractivity contribution < 1.29 is 4.79 Å². The molecule has 3 N–H and O–H groups in total. The van der Waals surface area contributed by atoms with E-state index in [1.54, 1.807) is 10.7 Å². The van der Waals surface area contributed by atoms with Crippen LogP contribution in [0.25, 0.3) is 0 Å². The van der Waals surface area contributed by atoms with E-state index in [-0.39, 0.29) is 11.4 Å². The molecule has 1 heterocycles. The average molecular weight is 238 g/mol. The zero-order chi connectivity index (χ0) is 13.1. The lowest BCUT2D eigenvalue weighted by molar-refractivity contribution is 0.0936. The smallest absolute Gasteiger partial charge is 0.271 e. The first-order chi connectivity index (χ1) is 7.91. The molecule has 1 aromatic heterocycles. The molecule has 0 unspecified atom stereocenters. The Morgan fingerprint density at radius 1 is 1.53 bits per heavy atom. The van der Waals surface area contributed by atoms with Crippen LogP contribution >= 0.6 is 0 Å². The van der Waals surface area contributed by atoms with Gasteiger partial charge in [-0.05, 0) is 25.8 Å². The number of hydrogen-bond acceptors (Lipinski definition) is 3. The van der Waals surface area contributed by atoms with E-state index in [0.29, 0.717) is 12.2 Å². The molecule has 96 valence electrons. The van der Waals surface area contributed by atoms with Gasteiger partial charge in [0, 0.05) is 24.8 Å². The van der Waals surface area contributed by atoms with Crippen LogP contribution in [0, 0.1) is 6.92 Å². The minimum atomic E-state index is -0.320. The molecular weight excluding hydrogens is 216 g/mol. The van der Waals surface area contributed by atoms with Crippen molar-refractivity contribution in [3.05, 3.63) is 17.5 Å². The second-order valence-electron chi connectivity index (χ2n) is 4.55. The van der Waals surface area contributed by atoms with E-state index < -0.39 is 0 Å². The van der Waals surface area contributed by atoms with Gasteiger partial charge in [0.25, 0.3) is 5.91 Å². The molecule has 1 amide bonds. The minimum absolute atomic E-state index is 0.162. The Morgan fingerprint density at radius 2 is 2.12 bits per heavy atom. The SMILES string of the molecule is CCC(N)(CC)CNC(=O)c1cc(C)n(C)n1. The highest BCUT2D eigenvalue weighted by atomic mass is 16.1. The Kier molecular flexibility index (Phi) is 4.28. The van der Waals surface area contributed by atoms with Gasteiger partial charge >= 0.3 is 0 Å². The molecule has 0 saturated heterocycles. The summed E-state index contributed by atoms with van der Waals surface area (Å²) in [5.41, 5.74) is 7.20. The zero-order valence-corrected chi connectivity index (χ0v) is 11.1. The van der Waals surface area contributed by atoms with E-state index in [9.17, 15) is 4.79 Å². The quantitative estimate of drug-likeness (QED) is 0.803. The summed E-state index contributed by atoms with van der Waals surface area (Å²) in [6.07, 6.45) is 1.68. The van der Waals surface area contributed by atoms with Gasteiger partial charge in [-0.15, -0.1) is 0 Å². The second kappa shape index (κ2) is 5.31. The van der Waals surface area contributed by atoms with E-state index in [1.807, 2.05) is 27.8 Å². The van der Waals surface area contributed by atoms with Crippen LogP contribution in [-0.4, -0.2) is 27.8 Å². The Balaban J connectivity index is 2.61. The molecule has 0 aromatic carbocycles. The summed E-state index contributed by atoms with van der Waals surface area (Å²) < 4.78 is 1.68. The lowest BCUT2D eigenvalue weighted by Gasteiger charge is -2.26. The van der Waals surface area contributed by atoms with Crippen LogP contribution in [-0.2, 0) is 7.05 Å². The van der Waals surface area contributed by atoms with Crippen molar-refractivity contribution in [3.63, 3.8) is 0 Å². The molecule has 0 saturated carbocycles. The maximum absolute atomic E-state index is 11.8. The molecule has 0 bridgehead atoms. The summed E-state index contributed by atoms with van der Waals surface area (Å²) in [4.78, 5) is 11.8. The van der Waals surface area contributed by atoms with Crippen molar-refractivity contribution in [2.45, 2.75) is 39.2 Å². The van der Waals surface area contributed by atoms with Gasteiger partial charge < -0.3 is 11.1 Å². The van der Waals surface area contributed by atoms with Gasteiger partial charge in [-0.3, -0.25) is 9.48 Å². The Labute approximate surface area is 102 Å². The van der Waals surface area contributed by atoms with E-state index >= 15 is 0 Å². The van der Waals surface area contributed by atoms with Crippen LogP contribution in [0.1, 0.15) is 42.9 Å². The first-order valence-electron chi connectivity index (χ1n) is 5.99. The van der Waals surface area contributed by atoms with Gasteiger partial charge in [0.05, 0.1) is 0 Å². The van der Waals surface area contributed by atoms with Gasteiger partial charge in [0.1, 0.15) is 5.69 Å². The monoisotopic (exact) mass is 238 g/mol. The van der Waals surface area contributed by atoms with Crippen molar-refractivity contribution >= 4 is 5.91 Å². The molecule has 0 aliphatic heterocycles. The number of nitrogens with zero attached hydrogens (tertiary/aromatic N) is 2. The van der Waals surface area contributed by atoms with E-state index in [0.717, 1.165) is 18.5 Å². The number of amides is 1. The lowest BCUT2D eigenvalue weighted by atomic mass is 9.94. The second-order valence-corrected chi connectivity index (χ2v) is 4.55. The van der Waals surface area contributed by atoms with Crippen molar-refractivity contribution in [1.29, 1.82) is 0 Å². The molecule has 0 atom stereocenters. The summed E-state index contributed by atoms with van der Waals surface area (Å²) in [7, 11) is 1.82. The number of hydrogen-bond donors (Lipinski definition) is 2. The largest absolute Gasteiger partial charge is 0.349 e. The maximum atomic E-state index is 11.8. The van der Waals surface area contributed by atoms with Gasteiger partial charge in [-0.1, -0.05) is 13.8 Å². The fourth-order valence-electron chi connectivity index (χ4n) is 1.52. The predicted octanol–water partition coefficient (Wildman–Crippen LogP) is 0.976. The van der Waals surface area contributed by atoms with Gasteiger partial charge in [0.2, 0.25) is 0 Å². The standard InChI is InChI=1S/C12H22N4O/c1-5-12(13,6-2)8-14-11(17)10-7-9(3)16(4)15-10/h7H,5-6,8,13H2,1-4H3,(H,14,17). The van der Waals surface area contributed by atoms with Crippen molar-refractivity contribution in [3.8, 4) is 0 Å². The summed E-state index contributed by atoms with van der Waals surface area (Å²) in [6.45, 7) is 6.45. The van der Waals surface area contributed by atoms with Crippen molar-refractivity contribution in [1.82, 2.24) is 15.1 Å². The van der Waals surface area contributed by atoms with Crippen LogP contribution in [0.3, 0.4) is 0 Å². The number of nitrogens with one attached hydrogen (secondary N) is 1. The van der Waals surface area contributed by atoms with Gasteiger partial charge in [-0.25, -0.2) is 0 Å². The highest BCUT2D eigenvalue weighted by Crippen LogP contribution is 2.10. The van der Waals surface area contributed by atoms with Crippen LogP contribution in [0.4, 0.5) is 0 Å². The number of aryl methyl sites for hydroxylation is 2. The van der Waals surface area contributed by atoms with E-state index in [2.05, 4.69) is 10.4 Å². The minimum Gasteiger partial charge on any atom is -0.349 e. The molecule has 1 aromatic rings. The normalized spacial score (nSPS) is 11.6.